The number of hydrogen-bond acceptors (Lipinski definition) is 5. The normalized spacial score (nSPS) is 17.6. The van der Waals surface area contributed by atoms with Crippen LogP contribution in [0.25, 0.3) is 0 Å². The minimum atomic E-state index is 0.406. The van der Waals surface area contributed by atoms with Gasteiger partial charge in [0.15, 0.2) is 11.5 Å². The molecule has 106 valence electrons. The van der Waals surface area contributed by atoms with Gasteiger partial charge in [-0.15, -0.1) is 0 Å². The summed E-state index contributed by atoms with van der Waals surface area (Å²) >= 11 is 0. The number of benzene rings is 1. The zero-order chi connectivity index (χ0) is 14.1. The predicted octanol–water partition coefficient (Wildman–Crippen LogP) is 2.55. The van der Waals surface area contributed by atoms with E-state index >= 15 is 0 Å². The first-order valence-electron chi connectivity index (χ1n) is 6.67. The van der Waals surface area contributed by atoms with Crippen LogP contribution in [0, 0.1) is 0 Å². The lowest BCUT2D eigenvalue weighted by atomic mass is 9.82. The number of anilines is 1. The van der Waals surface area contributed by atoms with E-state index in [1.807, 2.05) is 12.1 Å². The molecule has 0 saturated carbocycles. The van der Waals surface area contributed by atoms with E-state index in [9.17, 15) is 0 Å². The highest BCUT2D eigenvalue weighted by molar-refractivity contribution is 5.46. The minimum Gasteiger partial charge on any atom is -0.493 e. The van der Waals surface area contributed by atoms with Crippen molar-refractivity contribution in [1.29, 1.82) is 0 Å². The van der Waals surface area contributed by atoms with Gasteiger partial charge >= 0.3 is 0 Å². The summed E-state index contributed by atoms with van der Waals surface area (Å²) in [5.74, 6) is 2.36. The molecule has 5 nitrogen and oxygen atoms in total. The molecule has 1 atom stereocenters. The maximum atomic E-state index is 5.83. The fourth-order valence-corrected chi connectivity index (χ4v) is 2.82. The number of ether oxygens (including phenoxy) is 2. The molecule has 1 aliphatic carbocycles. The molecule has 0 saturated heterocycles. The van der Waals surface area contributed by atoms with Gasteiger partial charge in [0.2, 0.25) is 5.88 Å². The number of fused-ring (bicyclic) bond motifs is 1. The zero-order valence-electron chi connectivity index (χ0n) is 11.7. The van der Waals surface area contributed by atoms with Crippen LogP contribution in [-0.4, -0.2) is 19.4 Å². The number of methoxy groups -OCH3 is 2. The van der Waals surface area contributed by atoms with Gasteiger partial charge in [-0.25, -0.2) is 0 Å². The highest BCUT2D eigenvalue weighted by Crippen LogP contribution is 2.38. The summed E-state index contributed by atoms with van der Waals surface area (Å²) < 4.78 is 15.7. The lowest BCUT2D eigenvalue weighted by Gasteiger charge is -2.22. The van der Waals surface area contributed by atoms with Gasteiger partial charge in [-0.1, -0.05) is 11.2 Å². The monoisotopic (exact) mass is 274 g/mol. The van der Waals surface area contributed by atoms with Crippen molar-refractivity contribution in [1.82, 2.24) is 5.16 Å². The predicted molar refractivity (Wildman–Crippen MR) is 75.2 cm³/mol. The molecule has 0 amide bonds. The summed E-state index contributed by atoms with van der Waals surface area (Å²) in [6, 6.07) is 6.07. The minimum absolute atomic E-state index is 0.406. The highest BCUT2D eigenvalue weighted by Gasteiger charge is 2.26. The molecule has 2 aromatic rings. The second-order valence-corrected chi connectivity index (χ2v) is 5.03. The molecule has 1 heterocycles. The fourth-order valence-electron chi connectivity index (χ4n) is 2.82. The van der Waals surface area contributed by atoms with Crippen LogP contribution in [-0.2, 0) is 12.8 Å². The van der Waals surface area contributed by atoms with Gasteiger partial charge in [0.1, 0.15) is 0 Å². The molecular formula is C15H18N2O3. The van der Waals surface area contributed by atoms with Crippen molar-refractivity contribution >= 4 is 5.88 Å². The van der Waals surface area contributed by atoms with Gasteiger partial charge in [-0.3, -0.25) is 0 Å². The van der Waals surface area contributed by atoms with Crippen LogP contribution >= 0.6 is 0 Å². The Balaban J connectivity index is 1.89. The van der Waals surface area contributed by atoms with Crippen LogP contribution in [0.15, 0.2) is 22.7 Å². The van der Waals surface area contributed by atoms with Crippen LogP contribution in [0.3, 0.4) is 0 Å². The molecule has 20 heavy (non-hydrogen) atoms. The number of aryl methyl sites for hydroxylation is 1. The Bertz CT molecular complexity index is 622. The van der Waals surface area contributed by atoms with Crippen molar-refractivity contribution in [2.24, 2.45) is 0 Å². The maximum Gasteiger partial charge on any atom is 0.225 e. The summed E-state index contributed by atoms with van der Waals surface area (Å²) in [6.45, 7) is 0. The number of nitrogens with zero attached hydrogens (tertiary/aromatic N) is 1. The SMILES string of the molecule is COc1ccc(C2CCc3noc(N)c3C2)cc1OC. The average molecular weight is 274 g/mol. The van der Waals surface area contributed by atoms with Crippen molar-refractivity contribution in [2.45, 2.75) is 25.2 Å². The molecule has 1 aromatic heterocycles. The van der Waals surface area contributed by atoms with Gasteiger partial charge in [0.05, 0.1) is 19.9 Å². The molecule has 5 heteroatoms. The topological polar surface area (TPSA) is 70.5 Å². The Morgan fingerprint density at radius 1 is 1.25 bits per heavy atom. The van der Waals surface area contributed by atoms with Crippen LogP contribution in [0.5, 0.6) is 11.5 Å². The fraction of sp³-hybridized carbons (Fsp3) is 0.400. The zero-order valence-corrected chi connectivity index (χ0v) is 11.7. The summed E-state index contributed by atoms with van der Waals surface area (Å²) in [7, 11) is 3.29. The van der Waals surface area contributed by atoms with Gasteiger partial charge in [-0.05, 0) is 42.9 Å². The Morgan fingerprint density at radius 3 is 2.80 bits per heavy atom. The van der Waals surface area contributed by atoms with E-state index in [1.165, 1.54) is 5.56 Å². The van der Waals surface area contributed by atoms with Crippen LogP contribution < -0.4 is 15.2 Å². The first-order valence-corrected chi connectivity index (χ1v) is 6.67. The van der Waals surface area contributed by atoms with Gasteiger partial charge in [-0.2, -0.15) is 0 Å². The third-order valence-electron chi connectivity index (χ3n) is 3.96. The van der Waals surface area contributed by atoms with Crippen LogP contribution in [0.4, 0.5) is 5.88 Å². The summed E-state index contributed by atoms with van der Waals surface area (Å²) in [6.07, 6.45) is 2.80. The molecule has 1 aliphatic rings. The van der Waals surface area contributed by atoms with E-state index < -0.39 is 0 Å². The van der Waals surface area contributed by atoms with Crippen molar-refractivity contribution in [3.8, 4) is 11.5 Å². The standard InChI is InChI=1S/C15H18N2O3/c1-18-13-6-4-10(8-14(13)19-2)9-3-5-12-11(7-9)15(16)20-17-12/h4,6,8-9H,3,5,7,16H2,1-2H3. The number of hydrogen-bond donors (Lipinski definition) is 1. The van der Waals surface area contributed by atoms with E-state index in [0.29, 0.717) is 11.8 Å². The quantitative estimate of drug-likeness (QED) is 0.931. The number of nitrogens with two attached hydrogens (primary N) is 1. The number of aromatic nitrogens is 1. The molecule has 1 aromatic carbocycles. The number of nitrogen functional groups attached to an aromatic ring is 1. The van der Waals surface area contributed by atoms with E-state index in [4.69, 9.17) is 19.7 Å². The molecule has 1 unspecified atom stereocenters. The first-order chi connectivity index (χ1) is 9.72. The van der Waals surface area contributed by atoms with E-state index in [2.05, 4.69) is 11.2 Å². The van der Waals surface area contributed by atoms with Crippen molar-refractivity contribution in [2.75, 3.05) is 20.0 Å². The largest absolute Gasteiger partial charge is 0.493 e. The van der Waals surface area contributed by atoms with E-state index in [1.54, 1.807) is 14.2 Å². The molecule has 3 rings (SSSR count). The summed E-state index contributed by atoms with van der Waals surface area (Å²) in [4.78, 5) is 0. The van der Waals surface area contributed by atoms with E-state index in [0.717, 1.165) is 42.0 Å². The Labute approximate surface area is 117 Å². The lowest BCUT2D eigenvalue weighted by Crippen LogP contribution is -2.13. The third-order valence-corrected chi connectivity index (χ3v) is 3.96. The van der Waals surface area contributed by atoms with E-state index in [-0.39, 0.29) is 0 Å². The molecule has 0 fully saturated rings. The van der Waals surface area contributed by atoms with Crippen LogP contribution in [0.2, 0.25) is 0 Å². The van der Waals surface area contributed by atoms with Crippen LogP contribution in [0.1, 0.15) is 29.2 Å². The van der Waals surface area contributed by atoms with Crippen molar-refractivity contribution in [3.63, 3.8) is 0 Å². The maximum absolute atomic E-state index is 5.83. The number of rotatable bonds is 3. The van der Waals surface area contributed by atoms with Gasteiger partial charge in [0, 0.05) is 5.56 Å². The molecular weight excluding hydrogens is 256 g/mol. The molecule has 2 N–H and O–H groups in total. The Kier molecular flexibility index (Phi) is 3.26. The second kappa shape index (κ2) is 5.07. The Morgan fingerprint density at radius 2 is 2.05 bits per heavy atom. The molecule has 0 bridgehead atoms. The summed E-state index contributed by atoms with van der Waals surface area (Å²) in [5.41, 5.74) is 9.11. The third kappa shape index (κ3) is 2.09. The lowest BCUT2D eigenvalue weighted by molar-refractivity contribution is 0.354. The Hall–Kier alpha value is -2.17. The van der Waals surface area contributed by atoms with Crippen molar-refractivity contribution < 1.29 is 14.0 Å². The summed E-state index contributed by atoms with van der Waals surface area (Å²) in [5, 5.41) is 4.00. The highest BCUT2D eigenvalue weighted by atomic mass is 16.5. The van der Waals surface area contributed by atoms with Crippen molar-refractivity contribution in [3.05, 3.63) is 35.0 Å². The smallest absolute Gasteiger partial charge is 0.225 e. The van der Waals surface area contributed by atoms with Gasteiger partial charge < -0.3 is 19.7 Å². The molecule has 0 radical (unpaired) electrons. The van der Waals surface area contributed by atoms with Gasteiger partial charge in [0.25, 0.3) is 0 Å². The molecule has 0 spiro atoms. The second-order valence-electron chi connectivity index (χ2n) is 5.03. The average Bonchev–Trinajstić information content (AvgIpc) is 2.87. The first kappa shape index (κ1) is 12.8. The molecule has 0 aliphatic heterocycles.